The van der Waals surface area contributed by atoms with Gasteiger partial charge in [0.2, 0.25) is 0 Å². The zero-order valence-corrected chi connectivity index (χ0v) is 9.39. The molecule has 3 heteroatoms. The first kappa shape index (κ1) is 10.9. The molecular formula is C12H14ClFO. The minimum Gasteiger partial charge on any atom is -0.385 e. The fourth-order valence-electron chi connectivity index (χ4n) is 1.92. The molecule has 1 N–H and O–H groups in total. The largest absolute Gasteiger partial charge is 0.385 e. The van der Waals surface area contributed by atoms with Crippen LogP contribution >= 0.6 is 11.6 Å². The van der Waals surface area contributed by atoms with E-state index in [0.29, 0.717) is 22.9 Å². The Kier molecular flexibility index (Phi) is 2.73. The van der Waals surface area contributed by atoms with Crippen LogP contribution < -0.4 is 0 Å². The van der Waals surface area contributed by atoms with Crippen molar-refractivity contribution in [2.75, 3.05) is 0 Å². The molecule has 1 saturated carbocycles. The Morgan fingerprint density at radius 1 is 1.53 bits per heavy atom. The third-order valence-electron chi connectivity index (χ3n) is 2.89. The van der Waals surface area contributed by atoms with Gasteiger partial charge >= 0.3 is 0 Å². The normalized spacial score (nSPS) is 20.0. The zero-order valence-electron chi connectivity index (χ0n) is 8.63. The SMILES string of the molecule is CC(O)(CC1CC1)c1ccc(Cl)cc1F. The molecule has 0 heterocycles. The van der Waals surface area contributed by atoms with Gasteiger partial charge in [-0.2, -0.15) is 0 Å². The predicted octanol–water partition coefficient (Wildman–Crippen LogP) is 3.49. The molecule has 0 aromatic heterocycles. The average Bonchev–Trinajstić information content (AvgIpc) is 2.86. The lowest BCUT2D eigenvalue weighted by Crippen LogP contribution is -2.23. The Hall–Kier alpha value is -0.600. The molecule has 0 saturated heterocycles. The first-order valence-corrected chi connectivity index (χ1v) is 5.55. The summed E-state index contributed by atoms with van der Waals surface area (Å²) in [5.74, 6) is 0.128. The molecule has 1 atom stereocenters. The third-order valence-corrected chi connectivity index (χ3v) is 3.13. The second-order valence-corrected chi connectivity index (χ2v) is 4.98. The summed E-state index contributed by atoms with van der Waals surface area (Å²) in [5.41, 5.74) is -0.727. The van der Waals surface area contributed by atoms with Crippen molar-refractivity contribution in [2.45, 2.75) is 31.8 Å². The third kappa shape index (κ3) is 2.50. The van der Waals surface area contributed by atoms with Gasteiger partial charge in [0.1, 0.15) is 5.82 Å². The predicted molar refractivity (Wildman–Crippen MR) is 58.3 cm³/mol. The minimum absolute atomic E-state index is 0.346. The summed E-state index contributed by atoms with van der Waals surface area (Å²) in [6.07, 6.45) is 2.92. The topological polar surface area (TPSA) is 20.2 Å². The Balaban J connectivity index is 2.25. The van der Waals surface area contributed by atoms with E-state index in [0.717, 1.165) is 12.8 Å². The second-order valence-electron chi connectivity index (χ2n) is 4.55. The van der Waals surface area contributed by atoms with Crippen molar-refractivity contribution in [1.29, 1.82) is 0 Å². The highest BCUT2D eigenvalue weighted by molar-refractivity contribution is 6.30. The van der Waals surface area contributed by atoms with Crippen LogP contribution in [-0.4, -0.2) is 5.11 Å². The van der Waals surface area contributed by atoms with Crippen molar-refractivity contribution in [2.24, 2.45) is 5.92 Å². The van der Waals surface area contributed by atoms with Crippen molar-refractivity contribution in [3.8, 4) is 0 Å². The molecule has 1 aromatic rings. The molecule has 82 valence electrons. The Morgan fingerprint density at radius 3 is 2.73 bits per heavy atom. The van der Waals surface area contributed by atoms with Gasteiger partial charge in [0.15, 0.2) is 0 Å². The molecule has 0 aliphatic heterocycles. The summed E-state index contributed by atoms with van der Waals surface area (Å²) in [7, 11) is 0. The van der Waals surface area contributed by atoms with Crippen LogP contribution in [0, 0.1) is 11.7 Å². The van der Waals surface area contributed by atoms with E-state index >= 15 is 0 Å². The zero-order chi connectivity index (χ0) is 11.1. The van der Waals surface area contributed by atoms with Crippen molar-refractivity contribution in [3.63, 3.8) is 0 Å². The summed E-state index contributed by atoms with van der Waals surface area (Å²) in [6.45, 7) is 1.66. The monoisotopic (exact) mass is 228 g/mol. The molecule has 1 nitrogen and oxygen atoms in total. The second kappa shape index (κ2) is 3.76. The summed E-state index contributed by atoms with van der Waals surface area (Å²) in [4.78, 5) is 0. The maximum absolute atomic E-state index is 13.6. The minimum atomic E-state index is -1.07. The van der Waals surface area contributed by atoms with Crippen LogP contribution in [0.1, 0.15) is 31.7 Å². The van der Waals surface area contributed by atoms with Gasteiger partial charge in [-0.15, -0.1) is 0 Å². The summed E-state index contributed by atoms with van der Waals surface area (Å²) in [5, 5.41) is 10.5. The van der Waals surface area contributed by atoms with Crippen LogP contribution in [0.2, 0.25) is 5.02 Å². The van der Waals surface area contributed by atoms with Gasteiger partial charge in [-0.25, -0.2) is 4.39 Å². The van der Waals surface area contributed by atoms with Crippen LogP contribution in [-0.2, 0) is 5.60 Å². The van der Waals surface area contributed by atoms with Crippen LogP contribution in [0.5, 0.6) is 0 Å². The van der Waals surface area contributed by atoms with Gasteiger partial charge < -0.3 is 5.11 Å². The van der Waals surface area contributed by atoms with E-state index in [9.17, 15) is 9.50 Å². The number of hydrogen-bond donors (Lipinski definition) is 1. The summed E-state index contributed by atoms with van der Waals surface area (Å²) < 4.78 is 13.6. The van der Waals surface area contributed by atoms with Crippen LogP contribution in [0.25, 0.3) is 0 Å². The maximum atomic E-state index is 13.6. The van der Waals surface area contributed by atoms with Crippen LogP contribution in [0.15, 0.2) is 18.2 Å². The summed E-state index contributed by atoms with van der Waals surface area (Å²) in [6, 6.07) is 4.43. The van der Waals surface area contributed by atoms with E-state index in [4.69, 9.17) is 11.6 Å². The molecule has 1 unspecified atom stereocenters. The fourth-order valence-corrected chi connectivity index (χ4v) is 2.08. The number of rotatable bonds is 3. The van der Waals surface area contributed by atoms with Crippen LogP contribution in [0.3, 0.4) is 0 Å². The first-order chi connectivity index (χ1) is 6.99. The Morgan fingerprint density at radius 2 is 2.20 bits per heavy atom. The van der Waals surface area contributed by atoms with Crippen molar-refractivity contribution in [3.05, 3.63) is 34.6 Å². The van der Waals surface area contributed by atoms with Crippen molar-refractivity contribution in [1.82, 2.24) is 0 Å². The van der Waals surface area contributed by atoms with E-state index in [-0.39, 0.29) is 0 Å². The smallest absolute Gasteiger partial charge is 0.130 e. The van der Waals surface area contributed by atoms with E-state index in [1.165, 1.54) is 6.07 Å². The quantitative estimate of drug-likeness (QED) is 0.840. The highest BCUT2D eigenvalue weighted by Crippen LogP contribution is 2.41. The van der Waals surface area contributed by atoms with Crippen LogP contribution in [0.4, 0.5) is 4.39 Å². The van der Waals surface area contributed by atoms with Gasteiger partial charge in [-0.3, -0.25) is 0 Å². The lowest BCUT2D eigenvalue weighted by atomic mass is 9.90. The molecular weight excluding hydrogens is 215 g/mol. The Labute approximate surface area is 93.9 Å². The number of hydrogen-bond acceptors (Lipinski definition) is 1. The number of aliphatic hydroxyl groups is 1. The van der Waals surface area contributed by atoms with E-state index in [1.54, 1.807) is 19.1 Å². The maximum Gasteiger partial charge on any atom is 0.130 e. The Bertz CT molecular complexity index is 372. The number of halogens is 2. The molecule has 15 heavy (non-hydrogen) atoms. The van der Waals surface area contributed by atoms with Gasteiger partial charge in [0, 0.05) is 10.6 Å². The van der Waals surface area contributed by atoms with Gasteiger partial charge in [0.05, 0.1) is 5.60 Å². The summed E-state index contributed by atoms with van der Waals surface area (Å²) >= 11 is 5.66. The first-order valence-electron chi connectivity index (χ1n) is 5.17. The highest BCUT2D eigenvalue weighted by Gasteiger charge is 2.34. The molecule has 0 bridgehead atoms. The molecule has 1 aliphatic rings. The number of benzene rings is 1. The highest BCUT2D eigenvalue weighted by atomic mass is 35.5. The van der Waals surface area contributed by atoms with E-state index < -0.39 is 11.4 Å². The lowest BCUT2D eigenvalue weighted by molar-refractivity contribution is 0.0382. The van der Waals surface area contributed by atoms with E-state index in [1.807, 2.05) is 0 Å². The van der Waals surface area contributed by atoms with Crippen molar-refractivity contribution < 1.29 is 9.50 Å². The molecule has 1 aromatic carbocycles. The standard InChI is InChI=1S/C12H14ClFO/c1-12(15,7-8-2-3-8)10-5-4-9(13)6-11(10)14/h4-6,8,15H,2-3,7H2,1H3. The molecule has 0 spiro atoms. The fraction of sp³-hybridized carbons (Fsp3) is 0.500. The molecule has 1 aliphatic carbocycles. The van der Waals surface area contributed by atoms with E-state index in [2.05, 4.69) is 0 Å². The van der Waals surface area contributed by atoms with Gasteiger partial charge in [-0.05, 0) is 31.4 Å². The van der Waals surface area contributed by atoms with Crippen molar-refractivity contribution >= 4 is 11.6 Å². The molecule has 0 amide bonds. The van der Waals surface area contributed by atoms with Gasteiger partial charge in [-0.1, -0.05) is 30.5 Å². The van der Waals surface area contributed by atoms with Gasteiger partial charge in [0.25, 0.3) is 0 Å². The average molecular weight is 229 g/mol. The molecule has 2 rings (SSSR count). The lowest BCUT2D eigenvalue weighted by Gasteiger charge is -2.24. The molecule has 0 radical (unpaired) electrons. The molecule has 1 fully saturated rings.